The summed E-state index contributed by atoms with van der Waals surface area (Å²) < 4.78 is 51.1. The third-order valence-electron chi connectivity index (χ3n) is 7.32. The Balaban J connectivity index is 1.45. The van der Waals surface area contributed by atoms with Crippen molar-refractivity contribution < 1.29 is 22.7 Å². The molecular weight excluding hydrogens is 553 g/mol. The van der Waals surface area contributed by atoms with Gasteiger partial charge in [0, 0.05) is 37.4 Å². The first-order chi connectivity index (χ1) is 19.8. The number of halogens is 3. The zero-order chi connectivity index (χ0) is 30.3. The molecule has 1 N–H and O–H groups in total. The van der Waals surface area contributed by atoms with Crippen LogP contribution in [0, 0.1) is 6.92 Å². The van der Waals surface area contributed by atoms with Crippen LogP contribution in [-0.2, 0) is 24.5 Å². The van der Waals surface area contributed by atoms with Gasteiger partial charge in [0.2, 0.25) is 0 Å². The fourth-order valence-corrected chi connectivity index (χ4v) is 5.27. The second-order valence-electron chi connectivity index (χ2n) is 10.6. The number of morpholine rings is 1. The number of hydrogen-bond acceptors (Lipinski definition) is 8. The van der Waals surface area contributed by atoms with Crippen LogP contribution in [0.25, 0.3) is 10.9 Å². The monoisotopic (exact) mass is 584 g/mol. The van der Waals surface area contributed by atoms with E-state index in [-0.39, 0.29) is 47.0 Å². The number of ether oxygens (including phenoxy) is 1. The van der Waals surface area contributed by atoms with Crippen LogP contribution in [0.15, 0.2) is 41.2 Å². The highest BCUT2D eigenvalue weighted by atomic mass is 19.4. The molecule has 11 nitrogen and oxygen atoms in total. The normalized spacial score (nSPS) is 18.3. The molecule has 0 bridgehead atoms. The van der Waals surface area contributed by atoms with E-state index in [2.05, 4.69) is 25.8 Å². The average molecular weight is 585 g/mol. The quantitative estimate of drug-likeness (QED) is 0.364. The lowest BCUT2D eigenvalue weighted by atomic mass is 9.98. The first-order valence-electron chi connectivity index (χ1n) is 13.5. The van der Waals surface area contributed by atoms with Crippen LogP contribution in [0.1, 0.15) is 59.9 Å². The first-order valence-corrected chi connectivity index (χ1v) is 13.5. The number of amides is 1. The Bertz CT molecular complexity index is 1670. The molecule has 2 aromatic heterocycles. The Kier molecular flexibility index (Phi) is 7.75. The number of fused-ring (bicyclic) bond motifs is 1. The van der Waals surface area contributed by atoms with Crippen molar-refractivity contribution in [1.29, 1.82) is 0 Å². The van der Waals surface area contributed by atoms with Crippen molar-refractivity contribution in [2.75, 3.05) is 18.4 Å². The molecule has 4 aromatic rings. The molecule has 3 heterocycles. The summed E-state index contributed by atoms with van der Waals surface area (Å²) in [6.45, 7) is 7.92. The topological polar surface area (TPSA) is 120 Å². The largest absolute Gasteiger partial charge is 0.416 e. The molecule has 1 aliphatic rings. The number of alkyl halides is 3. The van der Waals surface area contributed by atoms with Crippen LogP contribution in [0.2, 0.25) is 0 Å². The smallest absolute Gasteiger partial charge is 0.379 e. The van der Waals surface area contributed by atoms with Crippen molar-refractivity contribution in [3.05, 3.63) is 75.1 Å². The Morgan fingerprint density at radius 1 is 1.14 bits per heavy atom. The van der Waals surface area contributed by atoms with Gasteiger partial charge < -0.3 is 15.0 Å². The molecule has 0 radical (unpaired) electrons. The predicted octanol–water partition coefficient (Wildman–Crippen LogP) is 3.72. The first kappa shape index (κ1) is 29.2. The molecule has 222 valence electrons. The standard InChI is InChI=1S/C28H31F3N8O3/c1-15-12-38(13-16(2)42-15)26(40)19-6-8-20(9-7-19)32-17(3)21-10-22-24(11-23(21)28(29,30)31)33-18(4)39(27(22)41)14-25-34-35-36-37(25)5/h6-11,15-17,32H,12-14H2,1-5H3/t15-,16+,17-/m0/s1. The maximum absolute atomic E-state index is 14.2. The van der Waals surface area contributed by atoms with E-state index in [1.807, 2.05) is 13.8 Å². The van der Waals surface area contributed by atoms with E-state index in [9.17, 15) is 22.8 Å². The van der Waals surface area contributed by atoms with Gasteiger partial charge in [-0.2, -0.15) is 13.2 Å². The highest BCUT2D eigenvalue weighted by Crippen LogP contribution is 2.37. The van der Waals surface area contributed by atoms with Crippen molar-refractivity contribution in [1.82, 2.24) is 34.7 Å². The lowest BCUT2D eigenvalue weighted by Gasteiger charge is -2.35. The van der Waals surface area contributed by atoms with Gasteiger partial charge >= 0.3 is 6.18 Å². The lowest BCUT2D eigenvalue weighted by molar-refractivity contribution is -0.138. The summed E-state index contributed by atoms with van der Waals surface area (Å²) in [7, 11) is 1.62. The molecule has 0 spiro atoms. The van der Waals surface area contributed by atoms with Crippen LogP contribution in [-0.4, -0.2) is 65.9 Å². The molecule has 3 atom stereocenters. The third-order valence-corrected chi connectivity index (χ3v) is 7.32. The number of aryl methyl sites for hydroxylation is 2. The van der Waals surface area contributed by atoms with Crippen LogP contribution in [0.5, 0.6) is 0 Å². The van der Waals surface area contributed by atoms with Crippen LogP contribution >= 0.6 is 0 Å². The Hall–Kier alpha value is -4.33. The zero-order valence-electron chi connectivity index (χ0n) is 23.8. The molecular formula is C28H31F3N8O3. The maximum Gasteiger partial charge on any atom is 0.416 e. The molecule has 42 heavy (non-hydrogen) atoms. The van der Waals surface area contributed by atoms with Crippen molar-refractivity contribution in [2.45, 2.75) is 58.7 Å². The predicted molar refractivity (Wildman–Crippen MR) is 148 cm³/mol. The van der Waals surface area contributed by atoms with Crippen molar-refractivity contribution >= 4 is 22.5 Å². The fourth-order valence-electron chi connectivity index (χ4n) is 5.27. The number of benzene rings is 2. The van der Waals surface area contributed by atoms with Crippen LogP contribution < -0.4 is 10.9 Å². The molecule has 2 aromatic carbocycles. The SMILES string of the molecule is Cc1nc2cc(C(F)(F)F)c([C@H](C)Nc3ccc(C(=O)N4C[C@@H](C)O[C@@H](C)C4)cc3)cc2c(=O)n1Cc1nnnn1C. The van der Waals surface area contributed by atoms with Gasteiger partial charge in [-0.05, 0) is 80.1 Å². The minimum atomic E-state index is -4.68. The van der Waals surface area contributed by atoms with Crippen LogP contribution in [0.4, 0.5) is 18.9 Å². The van der Waals surface area contributed by atoms with E-state index in [4.69, 9.17) is 4.74 Å². The van der Waals surface area contributed by atoms with E-state index >= 15 is 0 Å². The summed E-state index contributed by atoms with van der Waals surface area (Å²) in [6.07, 6.45) is -4.83. The molecule has 0 aliphatic carbocycles. The summed E-state index contributed by atoms with van der Waals surface area (Å²) in [6, 6.07) is 7.90. The van der Waals surface area contributed by atoms with Crippen molar-refractivity contribution in [2.24, 2.45) is 7.05 Å². The van der Waals surface area contributed by atoms with E-state index in [1.165, 1.54) is 15.3 Å². The number of carbonyl (C=O) groups is 1. The number of rotatable bonds is 6. The number of carbonyl (C=O) groups excluding carboxylic acids is 1. The van der Waals surface area contributed by atoms with Crippen molar-refractivity contribution in [3.8, 4) is 0 Å². The zero-order valence-corrected chi connectivity index (χ0v) is 23.8. The highest BCUT2D eigenvalue weighted by molar-refractivity contribution is 5.94. The summed E-state index contributed by atoms with van der Waals surface area (Å²) in [4.78, 5) is 32.5. The van der Waals surface area contributed by atoms with E-state index in [1.54, 1.807) is 50.1 Å². The average Bonchev–Trinajstić information content (AvgIpc) is 3.33. The third kappa shape index (κ3) is 5.84. The number of nitrogens with one attached hydrogen (secondary N) is 1. The number of anilines is 1. The van der Waals surface area contributed by atoms with Gasteiger partial charge in [-0.3, -0.25) is 14.2 Å². The summed E-state index contributed by atoms with van der Waals surface area (Å²) >= 11 is 0. The minimum absolute atomic E-state index is 0.00854. The van der Waals surface area contributed by atoms with E-state index in [0.29, 0.717) is 30.2 Å². The molecule has 1 amide bonds. The van der Waals surface area contributed by atoms with Crippen molar-refractivity contribution in [3.63, 3.8) is 0 Å². The van der Waals surface area contributed by atoms with Gasteiger partial charge in [0.05, 0.1) is 35.2 Å². The van der Waals surface area contributed by atoms with Gasteiger partial charge in [-0.1, -0.05) is 0 Å². The highest BCUT2D eigenvalue weighted by Gasteiger charge is 2.36. The molecule has 1 aliphatic heterocycles. The Morgan fingerprint density at radius 3 is 2.40 bits per heavy atom. The van der Waals surface area contributed by atoms with E-state index < -0.39 is 23.3 Å². The lowest BCUT2D eigenvalue weighted by Crippen LogP contribution is -2.48. The molecule has 0 saturated carbocycles. The number of hydrogen-bond donors (Lipinski definition) is 1. The molecule has 0 unspecified atom stereocenters. The molecule has 14 heteroatoms. The second kappa shape index (κ2) is 11.2. The van der Waals surface area contributed by atoms with Gasteiger partial charge in [0.1, 0.15) is 5.82 Å². The maximum atomic E-state index is 14.2. The molecule has 5 rings (SSSR count). The fraction of sp³-hybridized carbons (Fsp3) is 0.429. The van der Waals surface area contributed by atoms with Gasteiger partial charge in [-0.15, -0.1) is 5.10 Å². The number of tetrazole rings is 1. The van der Waals surface area contributed by atoms with Gasteiger partial charge in [-0.25, -0.2) is 9.67 Å². The second-order valence-corrected chi connectivity index (χ2v) is 10.6. The Labute approximate surface area is 239 Å². The van der Waals surface area contributed by atoms with Crippen LogP contribution in [0.3, 0.4) is 0 Å². The number of aromatic nitrogens is 6. The van der Waals surface area contributed by atoms with E-state index in [0.717, 1.165) is 6.07 Å². The van der Waals surface area contributed by atoms with Gasteiger partial charge in [0.15, 0.2) is 5.82 Å². The summed E-state index contributed by atoms with van der Waals surface area (Å²) in [5.41, 5.74) is -0.568. The molecule has 1 saturated heterocycles. The Morgan fingerprint density at radius 2 is 1.81 bits per heavy atom. The molecule has 1 fully saturated rings. The number of nitrogens with zero attached hydrogens (tertiary/aromatic N) is 7. The summed E-state index contributed by atoms with van der Waals surface area (Å²) in [5.74, 6) is 0.489. The minimum Gasteiger partial charge on any atom is -0.379 e. The van der Waals surface area contributed by atoms with Gasteiger partial charge in [0.25, 0.3) is 11.5 Å². The summed E-state index contributed by atoms with van der Waals surface area (Å²) in [5, 5.41) is 14.3.